The van der Waals surface area contributed by atoms with E-state index in [0.29, 0.717) is 21.4 Å². The molecular weight excluding hydrogens is 447 g/mol. The second-order valence-electron chi connectivity index (χ2n) is 7.33. The Morgan fingerprint density at radius 2 is 1.81 bits per heavy atom. The van der Waals surface area contributed by atoms with Crippen LogP contribution in [0.2, 0.25) is 10.0 Å². The van der Waals surface area contributed by atoms with Gasteiger partial charge in [-0.2, -0.15) is 0 Å². The van der Waals surface area contributed by atoms with Crippen molar-refractivity contribution < 1.29 is 4.79 Å². The first-order chi connectivity index (χ1) is 15.4. The smallest absolute Gasteiger partial charge is 0.253 e. The molecule has 0 saturated heterocycles. The summed E-state index contributed by atoms with van der Waals surface area (Å²) < 4.78 is 3.31. The summed E-state index contributed by atoms with van der Waals surface area (Å²) in [5, 5.41) is 4.19. The molecule has 2 heterocycles. The molecule has 4 rings (SSSR count). The largest absolute Gasteiger partial charge is 0.338 e. The number of nitrogens with zero attached hydrogens (tertiary/aromatic N) is 3. The van der Waals surface area contributed by atoms with Crippen LogP contribution in [0.15, 0.2) is 84.0 Å². The van der Waals surface area contributed by atoms with Crippen molar-refractivity contribution >= 4 is 29.1 Å². The maximum absolute atomic E-state index is 13.2. The summed E-state index contributed by atoms with van der Waals surface area (Å²) in [4.78, 5) is 30.0. The van der Waals surface area contributed by atoms with Gasteiger partial charge in [-0.25, -0.2) is 4.98 Å². The van der Waals surface area contributed by atoms with E-state index in [0.717, 1.165) is 11.1 Å². The molecule has 0 fully saturated rings. The molecule has 0 aliphatic carbocycles. The van der Waals surface area contributed by atoms with Crippen LogP contribution in [0.5, 0.6) is 0 Å². The SMILES string of the molecule is Cn1ccnc1[C@H](NC(=O)c1ccc(=O)n(Cc2ccccc2Cl)c1)c1ccc(Cl)cc1. The van der Waals surface area contributed by atoms with Crippen LogP contribution >= 0.6 is 23.2 Å². The van der Waals surface area contributed by atoms with E-state index in [9.17, 15) is 9.59 Å². The molecule has 1 amide bonds. The Morgan fingerprint density at radius 3 is 2.50 bits per heavy atom. The minimum atomic E-state index is -0.497. The van der Waals surface area contributed by atoms with Crippen LogP contribution in [0, 0.1) is 0 Å². The molecule has 2 aromatic carbocycles. The summed E-state index contributed by atoms with van der Waals surface area (Å²) >= 11 is 12.3. The maximum atomic E-state index is 13.2. The zero-order valence-corrected chi connectivity index (χ0v) is 18.7. The summed E-state index contributed by atoms with van der Waals surface area (Å²) in [5.41, 5.74) is 1.76. The highest BCUT2D eigenvalue weighted by molar-refractivity contribution is 6.31. The van der Waals surface area contributed by atoms with E-state index in [1.807, 2.05) is 48.1 Å². The van der Waals surface area contributed by atoms with Crippen molar-refractivity contribution in [1.29, 1.82) is 0 Å². The van der Waals surface area contributed by atoms with Crippen LogP contribution in [0.3, 0.4) is 0 Å². The van der Waals surface area contributed by atoms with Crippen LogP contribution in [0.1, 0.15) is 33.4 Å². The lowest BCUT2D eigenvalue weighted by Gasteiger charge is -2.19. The van der Waals surface area contributed by atoms with Crippen LogP contribution in [0.25, 0.3) is 0 Å². The summed E-state index contributed by atoms with van der Waals surface area (Å²) in [6, 6.07) is 16.9. The van der Waals surface area contributed by atoms with Gasteiger partial charge in [-0.15, -0.1) is 0 Å². The molecule has 1 N–H and O–H groups in total. The van der Waals surface area contributed by atoms with Crippen molar-refractivity contribution in [3.05, 3.63) is 122 Å². The third-order valence-electron chi connectivity index (χ3n) is 5.14. The van der Waals surface area contributed by atoms with Gasteiger partial charge in [0.05, 0.1) is 12.1 Å². The number of hydrogen-bond acceptors (Lipinski definition) is 3. The van der Waals surface area contributed by atoms with E-state index in [4.69, 9.17) is 23.2 Å². The van der Waals surface area contributed by atoms with Crippen molar-refractivity contribution in [1.82, 2.24) is 19.4 Å². The number of halogens is 2. The highest BCUT2D eigenvalue weighted by atomic mass is 35.5. The lowest BCUT2D eigenvalue weighted by Crippen LogP contribution is -2.32. The van der Waals surface area contributed by atoms with Crippen LogP contribution in [0.4, 0.5) is 0 Å². The van der Waals surface area contributed by atoms with Gasteiger partial charge in [0.15, 0.2) is 0 Å². The molecule has 8 heteroatoms. The monoisotopic (exact) mass is 466 g/mol. The molecule has 0 unspecified atom stereocenters. The van der Waals surface area contributed by atoms with E-state index in [2.05, 4.69) is 10.3 Å². The normalized spacial score (nSPS) is 11.8. The fraction of sp³-hybridized carbons (Fsp3) is 0.125. The number of aryl methyl sites for hydroxylation is 1. The van der Waals surface area contributed by atoms with E-state index >= 15 is 0 Å². The Bertz CT molecular complexity index is 1310. The number of benzene rings is 2. The summed E-state index contributed by atoms with van der Waals surface area (Å²) in [6.07, 6.45) is 5.03. The van der Waals surface area contributed by atoms with Crippen molar-refractivity contribution in [2.45, 2.75) is 12.6 Å². The highest BCUT2D eigenvalue weighted by Gasteiger charge is 2.22. The van der Waals surface area contributed by atoms with Crippen molar-refractivity contribution in [2.75, 3.05) is 0 Å². The minimum Gasteiger partial charge on any atom is -0.338 e. The average Bonchev–Trinajstić information content (AvgIpc) is 3.21. The predicted octanol–water partition coefficient (Wildman–Crippen LogP) is 4.46. The van der Waals surface area contributed by atoms with Gasteiger partial charge in [0, 0.05) is 41.7 Å². The number of imidazole rings is 1. The molecule has 6 nitrogen and oxygen atoms in total. The zero-order chi connectivity index (χ0) is 22.7. The minimum absolute atomic E-state index is 0.222. The number of carbonyl (C=O) groups excluding carboxylic acids is 1. The second kappa shape index (κ2) is 9.42. The molecule has 0 spiro atoms. The van der Waals surface area contributed by atoms with Gasteiger partial charge in [0.1, 0.15) is 11.9 Å². The molecule has 1 atom stereocenters. The number of aromatic nitrogens is 3. The van der Waals surface area contributed by atoms with E-state index in [-0.39, 0.29) is 18.0 Å². The van der Waals surface area contributed by atoms with Crippen LogP contribution in [-0.2, 0) is 13.6 Å². The second-order valence-corrected chi connectivity index (χ2v) is 8.17. The van der Waals surface area contributed by atoms with Crippen molar-refractivity contribution in [3.63, 3.8) is 0 Å². The summed E-state index contributed by atoms with van der Waals surface area (Å²) in [5.74, 6) is 0.339. The van der Waals surface area contributed by atoms with Gasteiger partial charge in [-0.3, -0.25) is 9.59 Å². The fourth-order valence-electron chi connectivity index (χ4n) is 3.42. The molecule has 2 aromatic heterocycles. The van der Waals surface area contributed by atoms with E-state index < -0.39 is 6.04 Å². The van der Waals surface area contributed by atoms with Gasteiger partial charge < -0.3 is 14.5 Å². The van der Waals surface area contributed by atoms with Crippen LogP contribution < -0.4 is 10.9 Å². The van der Waals surface area contributed by atoms with Crippen molar-refractivity contribution in [3.8, 4) is 0 Å². The Labute approximate surface area is 195 Å². The average molecular weight is 467 g/mol. The van der Waals surface area contributed by atoms with Crippen LogP contribution in [-0.4, -0.2) is 20.0 Å². The number of rotatable bonds is 6. The first-order valence-corrected chi connectivity index (χ1v) is 10.7. The zero-order valence-electron chi connectivity index (χ0n) is 17.2. The molecule has 0 aliphatic heterocycles. The number of nitrogens with one attached hydrogen (secondary N) is 1. The highest BCUT2D eigenvalue weighted by Crippen LogP contribution is 2.23. The molecule has 0 bridgehead atoms. The Hall–Kier alpha value is -3.35. The number of carbonyl (C=O) groups is 1. The molecule has 0 radical (unpaired) electrons. The Balaban J connectivity index is 1.64. The van der Waals surface area contributed by atoms with Gasteiger partial charge in [-0.05, 0) is 35.4 Å². The van der Waals surface area contributed by atoms with Gasteiger partial charge in [0.25, 0.3) is 11.5 Å². The fourth-order valence-corrected chi connectivity index (χ4v) is 3.74. The lowest BCUT2D eigenvalue weighted by molar-refractivity contribution is 0.0940. The molecule has 0 aliphatic rings. The van der Waals surface area contributed by atoms with Gasteiger partial charge in [0.2, 0.25) is 0 Å². The molecular formula is C24H20Cl2N4O2. The maximum Gasteiger partial charge on any atom is 0.253 e. The Kier molecular flexibility index (Phi) is 6.44. The third kappa shape index (κ3) is 4.77. The number of amides is 1. The first kappa shape index (κ1) is 21.9. The van der Waals surface area contributed by atoms with Gasteiger partial charge >= 0.3 is 0 Å². The standard InChI is InChI=1S/C24H20Cl2N4O2/c1-29-13-12-27-23(29)22(16-6-9-19(25)10-7-16)28-24(32)18-8-11-21(31)30(15-18)14-17-4-2-3-5-20(17)26/h2-13,15,22H,14H2,1H3,(H,28,32)/t22-/m1/s1. The van der Waals surface area contributed by atoms with Gasteiger partial charge in [-0.1, -0.05) is 53.5 Å². The molecule has 32 heavy (non-hydrogen) atoms. The quantitative estimate of drug-likeness (QED) is 0.456. The number of hydrogen-bond donors (Lipinski definition) is 1. The first-order valence-electron chi connectivity index (χ1n) is 9.90. The Morgan fingerprint density at radius 1 is 1.06 bits per heavy atom. The summed E-state index contributed by atoms with van der Waals surface area (Å²) in [6.45, 7) is 0.263. The predicted molar refractivity (Wildman–Crippen MR) is 125 cm³/mol. The molecule has 0 saturated carbocycles. The molecule has 162 valence electrons. The number of pyridine rings is 1. The van der Waals surface area contributed by atoms with E-state index in [1.54, 1.807) is 30.6 Å². The third-order valence-corrected chi connectivity index (χ3v) is 5.76. The lowest BCUT2D eigenvalue weighted by atomic mass is 10.1. The van der Waals surface area contributed by atoms with E-state index in [1.165, 1.54) is 16.7 Å². The summed E-state index contributed by atoms with van der Waals surface area (Å²) in [7, 11) is 1.86. The molecule has 4 aromatic rings. The topological polar surface area (TPSA) is 68.9 Å². The van der Waals surface area contributed by atoms with Crippen molar-refractivity contribution in [2.24, 2.45) is 7.05 Å².